The van der Waals surface area contributed by atoms with Gasteiger partial charge in [-0.25, -0.2) is 4.68 Å². The third-order valence-corrected chi connectivity index (χ3v) is 1.86. The summed E-state index contributed by atoms with van der Waals surface area (Å²) in [6.45, 7) is 3.88. The third-order valence-electron chi connectivity index (χ3n) is 1.86. The van der Waals surface area contributed by atoms with Crippen molar-refractivity contribution in [3.63, 3.8) is 0 Å². The van der Waals surface area contributed by atoms with E-state index in [9.17, 15) is 4.79 Å². The van der Waals surface area contributed by atoms with Crippen LogP contribution in [0.25, 0.3) is 0 Å². The molecule has 0 aliphatic heterocycles. The minimum Gasteiger partial charge on any atom is -0.481 e. The predicted octanol–water partition coefficient (Wildman–Crippen LogP) is 0.345. The zero-order chi connectivity index (χ0) is 9.84. The molecule has 1 atom stereocenters. The van der Waals surface area contributed by atoms with E-state index >= 15 is 0 Å². The zero-order valence-electron chi connectivity index (χ0n) is 7.58. The molecular formula is C7H12N4O2. The third kappa shape index (κ3) is 2.50. The van der Waals surface area contributed by atoms with Gasteiger partial charge in [0.05, 0.1) is 12.5 Å². The van der Waals surface area contributed by atoms with Crippen LogP contribution in [0.5, 0.6) is 0 Å². The Morgan fingerprint density at radius 1 is 1.62 bits per heavy atom. The van der Waals surface area contributed by atoms with Crippen LogP contribution in [0.3, 0.4) is 0 Å². The molecule has 1 aromatic heterocycles. The second-order valence-corrected chi connectivity index (χ2v) is 3.20. The Morgan fingerprint density at radius 2 is 2.31 bits per heavy atom. The van der Waals surface area contributed by atoms with Crippen LogP contribution in [0.1, 0.15) is 26.3 Å². The molecule has 72 valence electrons. The summed E-state index contributed by atoms with van der Waals surface area (Å²) in [6.07, 6.45) is 1.48. The second kappa shape index (κ2) is 3.97. The highest BCUT2D eigenvalue weighted by atomic mass is 16.4. The highest BCUT2D eigenvalue weighted by Gasteiger charge is 2.19. The van der Waals surface area contributed by atoms with E-state index in [1.165, 1.54) is 11.0 Å². The molecule has 0 saturated carbocycles. The van der Waals surface area contributed by atoms with Crippen molar-refractivity contribution in [1.82, 2.24) is 20.2 Å². The number of carbonyl (C=O) groups is 1. The van der Waals surface area contributed by atoms with E-state index in [2.05, 4.69) is 15.5 Å². The van der Waals surface area contributed by atoms with Crippen LogP contribution < -0.4 is 0 Å². The lowest BCUT2D eigenvalue weighted by molar-refractivity contribution is -0.138. The summed E-state index contributed by atoms with van der Waals surface area (Å²) in [7, 11) is 0. The van der Waals surface area contributed by atoms with Crippen LogP contribution in [0.4, 0.5) is 0 Å². The maximum atomic E-state index is 10.5. The van der Waals surface area contributed by atoms with Gasteiger partial charge in [-0.1, -0.05) is 13.8 Å². The van der Waals surface area contributed by atoms with Crippen LogP contribution in [0, 0.1) is 5.92 Å². The van der Waals surface area contributed by atoms with Crippen LogP contribution in [-0.4, -0.2) is 31.3 Å². The summed E-state index contributed by atoms with van der Waals surface area (Å²) in [5.74, 6) is -0.645. The van der Waals surface area contributed by atoms with E-state index < -0.39 is 5.97 Å². The average Bonchev–Trinajstić information content (AvgIpc) is 2.50. The molecule has 0 fully saturated rings. The number of nitrogens with zero attached hydrogens (tertiary/aromatic N) is 4. The minimum absolute atomic E-state index is 0.0444. The molecule has 13 heavy (non-hydrogen) atoms. The molecule has 1 aromatic rings. The van der Waals surface area contributed by atoms with E-state index in [-0.39, 0.29) is 18.4 Å². The molecule has 1 heterocycles. The smallest absolute Gasteiger partial charge is 0.305 e. The Balaban J connectivity index is 2.74. The van der Waals surface area contributed by atoms with Gasteiger partial charge in [0, 0.05) is 0 Å². The average molecular weight is 184 g/mol. The van der Waals surface area contributed by atoms with Gasteiger partial charge in [-0.3, -0.25) is 4.79 Å². The van der Waals surface area contributed by atoms with Gasteiger partial charge < -0.3 is 5.11 Å². The van der Waals surface area contributed by atoms with E-state index in [0.29, 0.717) is 0 Å². The number of rotatable bonds is 4. The summed E-state index contributed by atoms with van der Waals surface area (Å²) in [5.41, 5.74) is 0. The molecule has 1 unspecified atom stereocenters. The molecule has 0 bridgehead atoms. The molecule has 0 spiro atoms. The van der Waals surface area contributed by atoms with Gasteiger partial charge in [0.2, 0.25) is 0 Å². The molecule has 0 aliphatic rings. The molecule has 0 amide bonds. The van der Waals surface area contributed by atoms with Gasteiger partial charge in [-0.15, -0.1) is 5.10 Å². The number of aliphatic carboxylic acids is 1. The van der Waals surface area contributed by atoms with E-state index in [4.69, 9.17) is 5.11 Å². The second-order valence-electron chi connectivity index (χ2n) is 3.20. The fourth-order valence-corrected chi connectivity index (χ4v) is 1.13. The summed E-state index contributed by atoms with van der Waals surface area (Å²) in [6, 6.07) is -0.174. The molecule has 1 N–H and O–H groups in total. The molecule has 1 rings (SSSR count). The normalized spacial score (nSPS) is 13.2. The van der Waals surface area contributed by atoms with Crippen LogP contribution >= 0.6 is 0 Å². The zero-order valence-corrected chi connectivity index (χ0v) is 7.58. The Kier molecular flexibility index (Phi) is 2.94. The van der Waals surface area contributed by atoms with Crippen LogP contribution in [0.15, 0.2) is 6.33 Å². The SMILES string of the molecule is CC(C)C(CC(=O)O)n1cnnn1. The van der Waals surface area contributed by atoms with Crippen molar-refractivity contribution in [3.05, 3.63) is 6.33 Å². The first-order valence-electron chi connectivity index (χ1n) is 4.05. The van der Waals surface area contributed by atoms with Crippen molar-refractivity contribution >= 4 is 5.97 Å². The maximum absolute atomic E-state index is 10.5. The van der Waals surface area contributed by atoms with Crippen LogP contribution in [0.2, 0.25) is 0 Å². The van der Waals surface area contributed by atoms with Crippen molar-refractivity contribution in [2.75, 3.05) is 0 Å². The lowest BCUT2D eigenvalue weighted by Crippen LogP contribution is -2.19. The van der Waals surface area contributed by atoms with Gasteiger partial charge in [-0.05, 0) is 16.3 Å². The molecule has 0 aromatic carbocycles. The summed E-state index contributed by atoms with van der Waals surface area (Å²) in [4.78, 5) is 10.5. The fourth-order valence-electron chi connectivity index (χ4n) is 1.13. The van der Waals surface area contributed by atoms with Crippen molar-refractivity contribution in [2.45, 2.75) is 26.3 Å². The standard InChI is InChI=1S/C7H12N4O2/c1-5(2)6(3-7(12)13)11-4-8-9-10-11/h4-6H,3H2,1-2H3,(H,12,13). The van der Waals surface area contributed by atoms with Gasteiger partial charge in [0.1, 0.15) is 6.33 Å². The Hall–Kier alpha value is -1.46. The Bertz CT molecular complexity index is 270. The molecule has 0 aliphatic carbocycles. The van der Waals surface area contributed by atoms with Gasteiger partial charge >= 0.3 is 5.97 Å². The number of carboxylic acid groups (broad SMARTS) is 1. The molecule has 0 radical (unpaired) electrons. The highest BCUT2D eigenvalue weighted by molar-refractivity contribution is 5.67. The van der Waals surface area contributed by atoms with Crippen molar-refractivity contribution < 1.29 is 9.90 Å². The Labute approximate surface area is 75.6 Å². The number of hydrogen-bond donors (Lipinski definition) is 1. The number of tetrazole rings is 1. The van der Waals surface area contributed by atoms with Crippen molar-refractivity contribution in [2.24, 2.45) is 5.92 Å². The monoisotopic (exact) mass is 184 g/mol. The van der Waals surface area contributed by atoms with E-state index in [0.717, 1.165) is 0 Å². The topological polar surface area (TPSA) is 80.9 Å². The van der Waals surface area contributed by atoms with E-state index in [1.54, 1.807) is 0 Å². The molecule has 0 saturated heterocycles. The largest absolute Gasteiger partial charge is 0.481 e. The summed E-state index contributed by atoms with van der Waals surface area (Å²) >= 11 is 0. The first-order valence-corrected chi connectivity index (χ1v) is 4.05. The number of hydrogen-bond acceptors (Lipinski definition) is 4. The number of aromatic nitrogens is 4. The Morgan fingerprint density at radius 3 is 2.69 bits per heavy atom. The van der Waals surface area contributed by atoms with E-state index in [1.807, 2.05) is 13.8 Å². The van der Waals surface area contributed by atoms with Crippen LogP contribution in [-0.2, 0) is 4.79 Å². The molecule has 6 nitrogen and oxygen atoms in total. The summed E-state index contributed by atoms with van der Waals surface area (Å²) in [5, 5.41) is 19.3. The first kappa shape index (κ1) is 9.63. The maximum Gasteiger partial charge on any atom is 0.305 e. The van der Waals surface area contributed by atoms with Crippen molar-refractivity contribution in [3.8, 4) is 0 Å². The van der Waals surface area contributed by atoms with Gasteiger partial charge in [-0.2, -0.15) is 0 Å². The van der Waals surface area contributed by atoms with Crippen molar-refractivity contribution in [1.29, 1.82) is 0 Å². The summed E-state index contributed by atoms with van der Waals surface area (Å²) < 4.78 is 1.48. The predicted molar refractivity (Wildman–Crippen MR) is 43.9 cm³/mol. The quantitative estimate of drug-likeness (QED) is 0.730. The fraction of sp³-hybridized carbons (Fsp3) is 0.714. The molecule has 6 heteroatoms. The lowest BCUT2D eigenvalue weighted by Gasteiger charge is -2.17. The first-order chi connectivity index (χ1) is 6.11. The number of carboxylic acids is 1. The minimum atomic E-state index is -0.839. The van der Waals surface area contributed by atoms with Gasteiger partial charge in [0.15, 0.2) is 0 Å². The lowest BCUT2D eigenvalue weighted by atomic mass is 10.0. The van der Waals surface area contributed by atoms with Gasteiger partial charge in [0.25, 0.3) is 0 Å². The molecular weight excluding hydrogens is 172 g/mol. The highest BCUT2D eigenvalue weighted by Crippen LogP contribution is 2.19.